The summed E-state index contributed by atoms with van der Waals surface area (Å²) in [5.74, 6) is 0. The van der Waals surface area contributed by atoms with Gasteiger partial charge in [-0.15, -0.1) is 5.10 Å². The molecule has 0 aliphatic heterocycles. The molecule has 1 atom stereocenters. The molecule has 0 aromatic carbocycles. The van der Waals surface area contributed by atoms with E-state index in [2.05, 4.69) is 53.2 Å². The third-order valence-corrected chi connectivity index (χ3v) is 4.68. The highest BCUT2D eigenvalue weighted by Crippen LogP contribution is 2.43. The van der Waals surface area contributed by atoms with Crippen LogP contribution >= 0.6 is 0 Å². The molecule has 114 valence electrons. The summed E-state index contributed by atoms with van der Waals surface area (Å²) in [7, 11) is 4.42. The molecule has 20 heavy (non-hydrogen) atoms. The molecule has 1 aromatic rings. The second-order valence-corrected chi connectivity index (χ2v) is 6.08. The lowest BCUT2D eigenvalue weighted by atomic mass is 9.84. The Balaban J connectivity index is 2.36. The first-order chi connectivity index (χ1) is 9.65. The van der Waals surface area contributed by atoms with E-state index in [9.17, 15) is 0 Å². The minimum Gasteiger partial charge on any atom is -0.307 e. The maximum atomic E-state index is 4.28. The van der Waals surface area contributed by atoms with E-state index in [4.69, 9.17) is 0 Å². The van der Waals surface area contributed by atoms with Crippen molar-refractivity contribution in [3.05, 3.63) is 11.9 Å². The van der Waals surface area contributed by atoms with E-state index in [1.807, 2.05) is 6.20 Å². The SMILES string of the molecule is CCCn1nncc1C(NCC)C1(N(C)C)CCCC1. The quantitative estimate of drug-likeness (QED) is 0.831. The monoisotopic (exact) mass is 279 g/mol. The van der Waals surface area contributed by atoms with Crippen molar-refractivity contribution in [1.82, 2.24) is 25.2 Å². The Morgan fingerprint density at radius 2 is 2.05 bits per heavy atom. The van der Waals surface area contributed by atoms with Crippen molar-refractivity contribution < 1.29 is 0 Å². The first kappa shape index (κ1) is 15.4. The Hall–Kier alpha value is -0.940. The highest BCUT2D eigenvalue weighted by molar-refractivity contribution is 5.14. The third-order valence-electron chi connectivity index (χ3n) is 4.68. The standard InChI is InChI=1S/C15H29N5/c1-5-11-20-13(12-17-18-20)14(16-6-2)15(19(3)4)9-7-8-10-15/h12,14,16H,5-11H2,1-4H3. The molecule has 2 rings (SSSR count). The molecule has 1 aliphatic rings. The number of likely N-dealkylation sites (N-methyl/N-ethyl adjacent to an activating group) is 2. The van der Waals surface area contributed by atoms with Gasteiger partial charge in [-0.25, -0.2) is 4.68 Å². The lowest BCUT2D eigenvalue weighted by Gasteiger charge is -2.43. The van der Waals surface area contributed by atoms with Crippen LogP contribution in [-0.4, -0.2) is 46.1 Å². The minimum atomic E-state index is 0.198. The normalized spacial score (nSPS) is 19.6. The molecule has 0 spiro atoms. The van der Waals surface area contributed by atoms with Crippen molar-refractivity contribution in [3.8, 4) is 0 Å². The van der Waals surface area contributed by atoms with Crippen LogP contribution in [0.25, 0.3) is 0 Å². The van der Waals surface area contributed by atoms with Crippen LogP contribution in [0.5, 0.6) is 0 Å². The van der Waals surface area contributed by atoms with Gasteiger partial charge in [0, 0.05) is 12.1 Å². The number of nitrogens with zero attached hydrogens (tertiary/aromatic N) is 4. The summed E-state index contributed by atoms with van der Waals surface area (Å²) in [6.45, 7) is 6.28. The summed E-state index contributed by atoms with van der Waals surface area (Å²) in [5.41, 5.74) is 1.44. The zero-order chi connectivity index (χ0) is 14.6. The fraction of sp³-hybridized carbons (Fsp3) is 0.867. The Bertz CT molecular complexity index is 406. The van der Waals surface area contributed by atoms with E-state index < -0.39 is 0 Å². The van der Waals surface area contributed by atoms with Gasteiger partial charge in [0.1, 0.15) is 0 Å². The van der Waals surface area contributed by atoms with E-state index in [0.717, 1.165) is 19.5 Å². The van der Waals surface area contributed by atoms with Gasteiger partial charge in [-0.3, -0.25) is 0 Å². The highest BCUT2D eigenvalue weighted by Gasteiger charge is 2.44. The van der Waals surface area contributed by atoms with Gasteiger partial charge < -0.3 is 10.2 Å². The second kappa shape index (κ2) is 6.68. The number of rotatable bonds is 7. The number of hydrogen-bond donors (Lipinski definition) is 1. The summed E-state index contributed by atoms with van der Waals surface area (Å²) in [6, 6.07) is 0.312. The van der Waals surface area contributed by atoms with Gasteiger partial charge in [0.15, 0.2) is 0 Å². The molecule has 1 N–H and O–H groups in total. The van der Waals surface area contributed by atoms with Gasteiger partial charge in [-0.1, -0.05) is 31.9 Å². The predicted octanol–water partition coefficient (Wildman–Crippen LogP) is 2.21. The van der Waals surface area contributed by atoms with Crippen molar-refractivity contribution in [3.63, 3.8) is 0 Å². The van der Waals surface area contributed by atoms with Gasteiger partial charge in [0.05, 0.1) is 17.9 Å². The third kappa shape index (κ3) is 2.74. The minimum absolute atomic E-state index is 0.198. The van der Waals surface area contributed by atoms with Gasteiger partial charge in [-0.2, -0.15) is 0 Å². The van der Waals surface area contributed by atoms with E-state index >= 15 is 0 Å². The molecule has 0 saturated heterocycles. The van der Waals surface area contributed by atoms with Crippen LogP contribution < -0.4 is 5.32 Å². The highest BCUT2D eigenvalue weighted by atomic mass is 15.4. The fourth-order valence-electron chi connectivity index (χ4n) is 3.63. The van der Waals surface area contributed by atoms with Gasteiger partial charge in [-0.05, 0) is 39.9 Å². The van der Waals surface area contributed by atoms with Crippen LogP contribution in [0.1, 0.15) is 57.7 Å². The molecule has 5 heteroatoms. The molecule has 1 fully saturated rings. The molecule has 0 amide bonds. The summed E-state index contributed by atoms with van der Waals surface area (Å²) < 4.78 is 2.08. The van der Waals surface area contributed by atoms with Crippen molar-refractivity contribution in [2.75, 3.05) is 20.6 Å². The Labute approximate surface area is 122 Å². The summed E-state index contributed by atoms with van der Waals surface area (Å²) >= 11 is 0. The lowest BCUT2D eigenvalue weighted by molar-refractivity contribution is 0.101. The first-order valence-corrected chi connectivity index (χ1v) is 7.95. The molecule has 1 heterocycles. The van der Waals surface area contributed by atoms with E-state index in [-0.39, 0.29) is 5.54 Å². The molecule has 1 unspecified atom stereocenters. The van der Waals surface area contributed by atoms with Crippen molar-refractivity contribution >= 4 is 0 Å². The largest absolute Gasteiger partial charge is 0.307 e. The van der Waals surface area contributed by atoms with E-state index in [1.165, 1.54) is 31.4 Å². The summed E-state index contributed by atoms with van der Waals surface area (Å²) in [6.07, 6.45) is 8.16. The molecular formula is C15H29N5. The molecule has 0 radical (unpaired) electrons. The number of aryl methyl sites for hydroxylation is 1. The predicted molar refractivity (Wildman–Crippen MR) is 81.6 cm³/mol. The Kier molecular flexibility index (Phi) is 5.16. The second-order valence-electron chi connectivity index (χ2n) is 6.08. The molecule has 1 aromatic heterocycles. The Morgan fingerprint density at radius 3 is 2.60 bits per heavy atom. The van der Waals surface area contributed by atoms with Gasteiger partial charge in [0.25, 0.3) is 0 Å². The summed E-state index contributed by atoms with van der Waals surface area (Å²) in [5, 5.41) is 12.1. The molecule has 0 bridgehead atoms. The van der Waals surface area contributed by atoms with Crippen LogP contribution in [0.4, 0.5) is 0 Å². The first-order valence-electron chi connectivity index (χ1n) is 7.95. The summed E-state index contributed by atoms with van der Waals surface area (Å²) in [4.78, 5) is 2.41. The topological polar surface area (TPSA) is 46.0 Å². The number of aromatic nitrogens is 3. The van der Waals surface area contributed by atoms with Crippen molar-refractivity contribution in [2.24, 2.45) is 0 Å². The zero-order valence-corrected chi connectivity index (χ0v) is 13.4. The molecule has 5 nitrogen and oxygen atoms in total. The fourth-order valence-corrected chi connectivity index (χ4v) is 3.63. The van der Waals surface area contributed by atoms with Crippen molar-refractivity contribution in [1.29, 1.82) is 0 Å². The Morgan fingerprint density at radius 1 is 1.35 bits per heavy atom. The van der Waals surface area contributed by atoms with Crippen LogP contribution in [-0.2, 0) is 6.54 Å². The lowest BCUT2D eigenvalue weighted by Crippen LogP contribution is -2.52. The van der Waals surface area contributed by atoms with E-state index in [1.54, 1.807) is 0 Å². The van der Waals surface area contributed by atoms with Crippen LogP contribution in [0.3, 0.4) is 0 Å². The van der Waals surface area contributed by atoms with E-state index in [0.29, 0.717) is 6.04 Å². The zero-order valence-electron chi connectivity index (χ0n) is 13.4. The number of hydrogen-bond acceptors (Lipinski definition) is 4. The van der Waals surface area contributed by atoms with Crippen molar-refractivity contribution in [2.45, 2.75) is 64.1 Å². The smallest absolute Gasteiger partial charge is 0.0775 e. The number of nitrogens with one attached hydrogen (secondary N) is 1. The maximum absolute atomic E-state index is 4.28. The van der Waals surface area contributed by atoms with Gasteiger partial charge in [0.2, 0.25) is 0 Å². The van der Waals surface area contributed by atoms with Crippen LogP contribution in [0, 0.1) is 0 Å². The molecular weight excluding hydrogens is 250 g/mol. The average molecular weight is 279 g/mol. The van der Waals surface area contributed by atoms with Crippen LogP contribution in [0.15, 0.2) is 6.20 Å². The van der Waals surface area contributed by atoms with Gasteiger partial charge >= 0.3 is 0 Å². The van der Waals surface area contributed by atoms with Crippen LogP contribution in [0.2, 0.25) is 0 Å². The maximum Gasteiger partial charge on any atom is 0.0775 e. The molecule has 1 aliphatic carbocycles. The molecule has 1 saturated carbocycles. The average Bonchev–Trinajstić information content (AvgIpc) is 3.06.